The highest BCUT2D eigenvalue weighted by Gasteiger charge is 2.35. The number of pyridine rings is 1. The Bertz CT molecular complexity index is 1420. The Labute approximate surface area is 245 Å². The lowest BCUT2D eigenvalue weighted by Crippen LogP contribution is -2.46. The minimum absolute atomic E-state index is 0.0366. The van der Waals surface area contributed by atoms with Crippen LogP contribution in [0.5, 0.6) is 0 Å². The van der Waals surface area contributed by atoms with Gasteiger partial charge in [0.1, 0.15) is 18.2 Å². The highest BCUT2D eigenvalue weighted by Crippen LogP contribution is 2.23. The zero-order valence-corrected chi connectivity index (χ0v) is 23.4. The molecule has 1 atom stereocenters. The van der Waals surface area contributed by atoms with E-state index in [1.807, 2.05) is 0 Å². The van der Waals surface area contributed by atoms with Gasteiger partial charge in [0.05, 0.1) is 27.2 Å². The van der Waals surface area contributed by atoms with Gasteiger partial charge in [0, 0.05) is 26.3 Å². The number of hydrogen-bond acceptors (Lipinski definition) is 6. The Kier molecular flexibility index (Phi) is 9.74. The quantitative estimate of drug-likeness (QED) is 0.302. The molecule has 214 valence electrons. The number of urea groups is 1. The number of halogens is 3. The summed E-state index contributed by atoms with van der Waals surface area (Å²) in [5.74, 6) is -1.15. The van der Waals surface area contributed by atoms with Crippen molar-refractivity contribution in [1.29, 1.82) is 0 Å². The van der Waals surface area contributed by atoms with E-state index >= 15 is 0 Å². The topological polar surface area (TPSA) is 121 Å². The van der Waals surface area contributed by atoms with Crippen LogP contribution in [0.4, 0.5) is 19.8 Å². The van der Waals surface area contributed by atoms with E-state index in [2.05, 4.69) is 15.6 Å². The molecule has 1 aromatic heterocycles. The van der Waals surface area contributed by atoms with Crippen LogP contribution in [0.1, 0.15) is 39.1 Å². The number of nitrogens with zero attached hydrogens (tertiary/aromatic N) is 3. The first-order valence-corrected chi connectivity index (χ1v) is 13.4. The number of imide groups is 1. The van der Waals surface area contributed by atoms with Gasteiger partial charge in [-0.1, -0.05) is 47.5 Å². The second-order valence-corrected chi connectivity index (χ2v) is 9.99. The summed E-state index contributed by atoms with van der Waals surface area (Å²) < 4.78 is 19.1. The van der Waals surface area contributed by atoms with E-state index in [9.17, 15) is 23.6 Å². The molecule has 41 heavy (non-hydrogen) atoms. The Morgan fingerprint density at radius 3 is 2.41 bits per heavy atom. The molecule has 13 heteroatoms. The standard InChI is InChI=1S/C28H26Cl2FN5O5/c1-35(27(39)33-14-17-6-4-10-22(31)24(17)30)19(16-41-28(40)34-23-12-11-18(29)15-32-23)7-5-13-36-25(37)20-8-2-3-9-21(20)26(36)38/h2-4,6,8-12,15,19H,5,7,13-14,16H2,1H3,(H,33,39)(H,32,34,40)/t19-/m1/s1. The summed E-state index contributed by atoms with van der Waals surface area (Å²) in [5.41, 5.74) is 1.08. The van der Waals surface area contributed by atoms with Crippen LogP contribution in [-0.4, -0.2) is 65.0 Å². The molecule has 2 heterocycles. The summed E-state index contributed by atoms with van der Waals surface area (Å²) in [6.45, 7) is -0.130. The van der Waals surface area contributed by atoms with Crippen molar-refractivity contribution in [1.82, 2.24) is 20.1 Å². The first-order valence-electron chi connectivity index (χ1n) is 12.6. The molecule has 0 bridgehead atoms. The van der Waals surface area contributed by atoms with E-state index in [0.717, 1.165) is 4.90 Å². The second-order valence-electron chi connectivity index (χ2n) is 9.17. The first kappa shape index (κ1) is 29.8. The minimum Gasteiger partial charge on any atom is -0.447 e. The van der Waals surface area contributed by atoms with Gasteiger partial charge in [-0.15, -0.1) is 0 Å². The number of benzene rings is 2. The number of carbonyl (C=O) groups excluding carboxylic acids is 4. The second kappa shape index (κ2) is 13.4. The Hall–Kier alpha value is -4.22. The van der Waals surface area contributed by atoms with Crippen molar-refractivity contribution < 1.29 is 28.3 Å². The summed E-state index contributed by atoms with van der Waals surface area (Å²) in [7, 11) is 1.51. The van der Waals surface area contributed by atoms with Gasteiger partial charge in [-0.05, 0) is 48.7 Å². The zero-order valence-electron chi connectivity index (χ0n) is 21.9. The molecule has 3 aromatic rings. The lowest BCUT2D eigenvalue weighted by molar-refractivity contribution is 0.0644. The number of hydrogen-bond donors (Lipinski definition) is 2. The number of anilines is 1. The molecule has 2 N–H and O–H groups in total. The van der Waals surface area contributed by atoms with E-state index in [0.29, 0.717) is 28.1 Å². The number of nitrogens with one attached hydrogen (secondary N) is 2. The van der Waals surface area contributed by atoms with Crippen molar-refractivity contribution >= 4 is 53.0 Å². The highest BCUT2D eigenvalue weighted by atomic mass is 35.5. The van der Waals surface area contributed by atoms with E-state index in [1.165, 1.54) is 36.3 Å². The fourth-order valence-corrected chi connectivity index (χ4v) is 4.53. The third-order valence-electron chi connectivity index (χ3n) is 6.49. The minimum atomic E-state index is -0.800. The van der Waals surface area contributed by atoms with Gasteiger partial charge in [-0.2, -0.15) is 0 Å². The van der Waals surface area contributed by atoms with E-state index in [-0.39, 0.29) is 48.8 Å². The van der Waals surface area contributed by atoms with Gasteiger partial charge in [0.2, 0.25) is 0 Å². The first-order chi connectivity index (χ1) is 19.7. The number of likely N-dealkylation sites (N-methyl/N-ethyl adjacent to an activating group) is 1. The monoisotopic (exact) mass is 601 g/mol. The van der Waals surface area contributed by atoms with Crippen LogP contribution in [0, 0.1) is 5.82 Å². The van der Waals surface area contributed by atoms with Gasteiger partial charge in [0.15, 0.2) is 0 Å². The molecule has 0 spiro atoms. The molecule has 1 aliphatic heterocycles. The van der Waals surface area contributed by atoms with Gasteiger partial charge in [-0.3, -0.25) is 19.8 Å². The largest absolute Gasteiger partial charge is 0.447 e. The van der Waals surface area contributed by atoms with Crippen LogP contribution in [0.15, 0.2) is 60.8 Å². The molecular weight excluding hydrogens is 576 g/mol. The molecule has 10 nitrogen and oxygen atoms in total. The summed E-state index contributed by atoms with van der Waals surface area (Å²) in [4.78, 5) is 57.3. The van der Waals surface area contributed by atoms with Crippen molar-refractivity contribution in [2.24, 2.45) is 0 Å². The molecule has 0 saturated carbocycles. The smallest absolute Gasteiger partial charge is 0.412 e. The number of fused-ring (bicyclic) bond motifs is 1. The van der Waals surface area contributed by atoms with Crippen LogP contribution >= 0.6 is 23.2 Å². The number of amides is 5. The molecule has 0 saturated heterocycles. The normalized spacial score (nSPS) is 13.0. The molecule has 4 rings (SSSR count). The summed E-state index contributed by atoms with van der Waals surface area (Å²) >= 11 is 11.8. The van der Waals surface area contributed by atoms with Crippen molar-refractivity contribution in [2.45, 2.75) is 25.4 Å². The van der Waals surface area contributed by atoms with Crippen LogP contribution in [0.3, 0.4) is 0 Å². The van der Waals surface area contributed by atoms with Crippen LogP contribution < -0.4 is 10.6 Å². The van der Waals surface area contributed by atoms with Gasteiger partial charge in [0.25, 0.3) is 11.8 Å². The molecule has 2 aromatic carbocycles. The molecule has 0 aliphatic carbocycles. The molecule has 1 aliphatic rings. The van der Waals surface area contributed by atoms with Crippen molar-refractivity contribution in [2.75, 3.05) is 25.5 Å². The predicted molar refractivity (Wildman–Crippen MR) is 150 cm³/mol. The van der Waals surface area contributed by atoms with Crippen LogP contribution in [0.25, 0.3) is 0 Å². The summed E-state index contributed by atoms with van der Waals surface area (Å²) in [6, 6.07) is 12.7. The third kappa shape index (κ3) is 7.30. The molecule has 0 radical (unpaired) electrons. The lowest BCUT2D eigenvalue weighted by atomic mass is 10.1. The average molecular weight is 602 g/mol. The SMILES string of the molecule is CN(C(=O)NCc1cccc(F)c1Cl)[C@H](CCCN1C(=O)c2ccccc2C1=O)COC(=O)Nc1ccc(Cl)cn1. The molecular formula is C28H26Cl2FN5O5. The molecule has 0 fully saturated rings. The maximum absolute atomic E-state index is 13.8. The fraction of sp³-hybridized carbons (Fsp3) is 0.250. The maximum atomic E-state index is 13.8. The van der Waals surface area contributed by atoms with E-state index in [4.69, 9.17) is 27.9 Å². The van der Waals surface area contributed by atoms with Crippen molar-refractivity contribution in [3.05, 3.63) is 93.3 Å². The number of carbonyl (C=O) groups is 4. The lowest BCUT2D eigenvalue weighted by Gasteiger charge is -2.28. The number of ether oxygens (including phenoxy) is 1. The highest BCUT2D eigenvalue weighted by molar-refractivity contribution is 6.31. The number of rotatable bonds is 10. The average Bonchev–Trinajstić information content (AvgIpc) is 3.21. The zero-order chi connectivity index (χ0) is 29.5. The summed E-state index contributed by atoms with van der Waals surface area (Å²) in [5, 5.41) is 5.46. The molecule has 5 amide bonds. The predicted octanol–water partition coefficient (Wildman–Crippen LogP) is 5.36. The summed E-state index contributed by atoms with van der Waals surface area (Å²) in [6.07, 6.45) is 1.17. The van der Waals surface area contributed by atoms with E-state index < -0.39 is 24.0 Å². The van der Waals surface area contributed by atoms with Crippen LogP contribution in [0.2, 0.25) is 10.0 Å². The van der Waals surface area contributed by atoms with Crippen LogP contribution in [-0.2, 0) is 11.3 Å². The maximum Gasteiger partial charge on any atom is 0.412 e. The van der Waals surface area contributed by atoms with E-state index in [1.54, 1.807) is 36.4 Å². The van der Waals surface area contributed by atoms with Crippen molar-refractivity contribution in [3.8, 4) is 0 Å². The van der Waals surface area contributed by atoms with Gasteiger partial charge in [-0.25, -0.2) is 19.0 Å². The Balaban J connectivity index is 1.38. The van der Waals surface area contributed by atoms with Gasteiger partial charge >= 0.3 is 12.1 Å². The van der Waals surface area contributed by atoms with Crippen molar-refractivity contribution in [3.63, 3.8) is 0 Å². The number of aromatic nitrogens is 1. The molecule has 0 unspecified atom stereocenters. The Morgan fingerprint density at radius 1 is 1.05 bits per heavy atom. The Morgan fingerprint density at radius 2 is 1.76 bits per heavy atom. The third-order valence-corrected chi connectivity index (χ3v) is 7.14. The fourth-order valence-electron chi connectivity index (χ4n) is 4.22. The van der Waals surface area contributed by atoms with Gasteiger partial charge < -0.3 is 15.0 Å².